The van der Waals surface area contributed by atoms with Crippen LogP contribution < -0.4 is 15.4 Å². The lowest BCUT2D eigenvalue weighted by Crippen LogP contribution is -2.27. The van der Waals surface area contributed by atoms with Crippen LogP contribution in [0.4, 0.5) is 11.6 Å². The van der Waals surface area contributed by atoms with E-state index in [2.05, 4.69) is 33.6 Å². The highest BCUT2D eigenvalue weighted by Crippen LogP contribution is 2.19. The molecule has 6 heteroatoms. The van der Waals surface area contributed by atoms with Gasteiger partial charge in [-0.2, -0.15) is 0 Å². The highest BCUT2D eigenvalue weighted by Gasteiger charge is 2.11. The number of anilines is 2. The van der Waals surface area contributed by atoms with Crippen LogP contribution in [0.2, 0.25) is 0 Å². The van der Waals surface area contributed by atoms with E-state index < -0.39 is 0 Å². The van der Waals surface area contributed by atoms with Crippen molar-refractivity contribution in [2.45, 2.75) is 26.7 Å². The second-order valence-corrected chi connectivity index (χ2v) is 6.71. The van der Waals surface area contributed by atoms with E-state index in [1.807, 2.05) is 49.4 Å². The van der Waals surface area contributed by atoms with Crippen molar-refractivity contribution in [2.75, 3.05) is 19.0 Å². The fourth-order valence-electron chi connectivity index (χ4n) is 3.05. The minimum atomic E-state index is -0.217. The van der Waals surface area contributed by atoms with Gasteiger partial charge in [-0.3, -0.25) is 4.79 Å². The Morgan fingerprint density at radius 1 is 1.07 bits per heavy atom. The minimum absolute atomic E-state index is 0.217. The first-order valence-electron chi connectivity index (χ1n) is 9.70. The first kappa shape index (κ1) is 20.3. The van der Waals surface area contributed by atoms with Crippen LogP contribution in [0.1, 0.15) is 34.2 Å². The number of hydrogen-bond acceptors (Lipinski definition) is 5. The SMILES string of the molecule is CCc1ccccc1Nc1nc(C)cc(C(=O)NCCc2cccc(OC)c2)n1. The zero-order valence-corrected chi connectivity index (χ0v) is 17.0. The van der Waals surface area contributed by atoms with Gasteiger partial charge in [0.2, 0.25) is 5.95 Å². The number of benzene rings is 2. The Hall–Kier alpha value is -3.41. The number of nitrogens with zero attached hydrogens (tertiary/aromatic N) is 2. The molecular formula is C23H26N4O2. The van der Waals surface area contributed by atoms with Crippen LogP contribution in [0.3, 0.4) is 0 Å². The normalized spacial score (nSPS) is 10.4. The number of aromatic nitrogens is 2. The number of aryl methyl sites for hydroxylation is 2. The van der Waals surface area contributed by atoms with E-state index in [1.165, 1.54) is 5.56 Å². The smallest absolute Gasteiger partial charge is 0.270 e. The molecule has 2 aromatic carbocycles. The highest BCUT2D eigenvalue weighted by molar-refractivity contribution is 5.92. The minimum Gasteiger partial charge on any atom is -0.497 e. The topological polar surface area (TPSA) is 76.1 Å². The summed E-state index contributed by atoms with van der Waals surface area (Å²) in [7, 11) is 1.64. The number of carbonyl (C=O) groups is 1. The van der Waals surface area contributed by atoms with Crippen LogP contribution in [0.15, 0.2) is 54.6 Å². The summed E-state index contributed by atoms with van der Waals surface area (Å²) in [5.74, 6) is 1.01. The van der Waals surface area contributed by atoms with E-state index in [1.54, 1.807) is 13.2 Å². The Bertz CT molecular complexity index is 988. The van der Waals surface area contributed by atoms with Gasteiger partial charge in [-0.05, 0) is 55.2 Å². The largest absolute Gasteiger partial charge is 0.497 e. The molecule has 0 saturated heterocycles. The third kappa shape index (κ3) is 5.54. The van der Waals surface area contributed by atoms with Gasteiger partial charge in [-0.25, -0.2) is 9.97 Å². The molecule has 0 unspecified atom stereocenters. The highest BCUT2D eigenvalue weighted by atomic mass is 16.5. The monoisotopic (exact) mass is 390 g/mol. The van der Waals surface area contributed by atoms with Crippen molar-refractivity contribution in [1.29, 1.82) is 0 Å². The van der Waals surface area contributed by atoms with Crippen LogP contribution in [-0.2, 0) is 12.8 Å². The van der Waals surface area contributed by atoms with Gasteiger partial charge in [0.05, 0.1) is 7.11 Å². The molecule has 0 radical (unpaired) electrons. The van der Waals surface area contributed by atoms with Gasteiger partial charge in [0.25, 0.3) is 5.91 Å². The second kappa shape index (κ2) is 9.68. The quantitative estimate of drug-likeness (QED) is 0.606. The molecule has 0 aliphatic rings. The zero-order valence-electron chi connectivity index (χ0n) is 17.0. The van der Waals surface area contributed by atoms with Crippen molar-refractivity contribution in [3.63, 3.8) is 0 Å². The van der Waals surface area contributed by atoms with Gasteiger partial charge in [0.15, 0.2) is 0 Å². The van der Waals surface area contributed by atoms with Crippen molar-refractivity contribution in [1.82, 2.24) is 15.3 Å². The standard InChI is InChI=1S/C23H26N4O2/c1-4-18-9-5-6-11-20(18)26-23-25-16(2)14-21(27-23)22(28)24-13-12-17-8-7-10-19(15-17)29-3/h5-11,14-15H,4,12-13H2,1-3H3,(H,24,28)(H,25,26,27). The molecule has 3 rings (SSSR count). The second-order valence-electron chi connectivity index (χ2n) is 6.71. The fraction of sp³-hybridized carbons (Fsp3) is 0.261. The molecule has 0 fully saturated rings. The van der Waals surface area contributed by atoms with Crippen molar-refractivity contribution < 1.29 is 9.53 Å². The average molecular weight is 390 g/mol. The predicted octanol–water partition coefficient (Wildman–Crippen LogP) is 4.07. The van der Waals surface area contributed by atoms with Crippen molar-refractivity contribution >= 4 is 17.5 Å². The van der Waals surface area contributed by atoms with E-state index in [0.29, 0.717) is 24.6 Å². The van der Waals surface area contributed by atoms with Gasteiger partial charge >= 0.3 is 0 Å². The lowest BCUT2D eigenvalue weighted by Gasteiger charge is -2.11. The molecule has 6 nitrogen and oxygen atoms in total. The number of methoxy groups -OCH3 is 1. The summed E-state index contributed by atoms with van der Waals surface area (Å²) in [6, 6.07) is 17.5. The number of rotatable bonds is 8. The maximum absolute atomic E-state index is 12.6. The van der Waals surface area contributed by atoms with Gasteiger partial charge in [0.1, 0.15) is 11.4 Å². The molecule has 150 valence electrons. The van der Waals surface area contributed by atoms with E-state index in [9.17, 15) is 4.79 Å². The number of para-hydroxylation sites is 1. The summed E-state index contributed by atoms with van der Waals surface area (Å²) in [4.78, 5) is 21.4. The molecule has 0 aliphatic heterocycles. The molecule has 1 heterocycles. The number of nitrogens with one attached hydrogen (secondary N) is 2. The molecule has 0 bridgehead atoms. The lowest BCUT2D eigenvalue weighted by molar-refractivity contribution is 0.0949. The third-order valence-corrected chi connectivity index (χ3v) is 4.56. The predicted molar refractivity (Wildman–Crippen MR) is 115 cm³/mol. The average Bonchev–Trinajstić information content (AvgIpc) is 2.74. The number of ether oxygens (including phenoxy) is 1. The van der Waals surface area contributed by atoms with E-state index >= 15 is 0 Å². The zero-order chi connectivity index (χ0) is 20.6. The van der Waals surface area contributed by atoms with Crippen LogP contribution in [-0.4, -0.2) is 29.5 Å². The Morgan fingerprint density at radius 2 is 1.90 bits per heavy atom. The number of hydrogen-bond donors (Lipinski definition) is 2. The van der Waals surface area contributed by atoms with Gasteiger partial charge in [-0.15, -0.1) is 0 Å². The fourth-order valence-corrected chi connectivity index (χ4v) is 3.05. The van der Waals surface area contributed by atoms with Crippen LogP contribution >= 0.6 is 0 Å². The molecule has 2 N–H and O–H groups in total. The van der Waals surface area contributed by atoms with Gasteiger partial charge < -0.3 is 15.4 Å². The molecule has 1 amide bonds. The van der Waals surface area contributed by atoms with Gasteiger partial charge in [-0.1, -0.05) is 37.3 Å². The Morgan fingerprint density at radius 3 is 2.69 bits per heavy atom. The maximum atomic E-state index is 12.6. The molecule has 0 atom stereocenters. The van der Waals surface area contributed by atoms with Gasteiger partial charge in [0, 0.05) is 17.9 Å². The molecule has 3 aromatic rings. The lowest BCUT2D eigenvalue weighted by atomic mass is 10.1. The Balaban J connectivity index is 1.66. The summed E-state index contributed by atoms with van der Waals surface area (Å²) >= 11 is 0. The first-order valence-corrected chi connectivity index (χ1v) is 9.70. The van der Waals surface area contributed by atoms with Crippen molar-refractivity contribution in [2.24, 2.45) is 0 Å². The number of carbonyl (C=O) groups excluding carboxylic acids is 1. The van der Waals surface area contributed by atoms with Crippen LogP contribution in [0, 0.1) is 6.92 Å². The van der Waals surface area contributed by atoms with Crippen molar-refractivity contribution in [3.05, 3.63) is 77.1 Å². The van der Waals surface area contributed by atoms with Crippen LogP contribution in [0.5, 0.6) is 5.75 Å². The summed E-state index contributed by atoms with van der Waals surface area (Å²) in [5.41, 5.74) is 4.29. The third-order valence-electron chi connectivity index (χ3n) is 4.56. The molecule has 1 aromatic heterocycles. The molecule has 0 spiro atoms. The van der Waals surface area contributed by atoms with Crippen molar-refractivity contribution in [3.8, 4) is 5.75 Å². The summed E-state index contributed by atoms with van der Waals surface area (Å²) in [6.07, 6.45) is 1.61. The number of amides is 1. The van der Waals surface area contributed by atoms with Crippen LogP contribution in [0.25, 0.3) is 0 Å². The first-order chi connectivity index (χ1) is 14.1. The summed E-state index contributed by atoms with van der Waals surface area (Å²) < 4.78 is 5.23. The maximum Gasteiger partial charge on any atom is 0.270 e. The molecule has 0 saturated carbocycles. The Kier molecular flexibility index (Phi) is 6.79. The molecule has 0 aliphatic carbocycles. The molecule has 29 heavy (non-hydrogen) atoms. The van der Waals surface area contributed by atoms with E-state index in [-0.39, 0.29) is 5.91 Å². The summed E-state index contributed by atoms with van der Waals surface area (Å²) in [5, 5.41) is 6.17. The van der Waals surface area contributed by atoms with E-state index in [4.69, 9.17) is 4.74 Å². The molecular weight excluding hydrogens is 364 g/mol. The Labute approximate surface area is 171 Å². The summed E-state index contributed by atoms with van der Waals surface area (Å²) in [6.45, 7) is 4.46. The van der Waals surface area contributed by atoms with E-state index in [0.717, 1.165) is 29.1 Å².